The quantitative estimate of drug-likeness (QED) is 0.250. The van der Waals surface area contributed by atoms with Crippen LogP contribution in [0.2, 0.25) is 0 Å². The summed E-state index contributed by atoms with van der Waals surface area (Å²) in [4.78, 5) is 0. The molecule has 0 amide bonds. The van der Waals surface area contributed by atoms with Crippen molar-refractivity contribution in [2.75, 3.05) is 26.2 Å². The molecule has 0 saturated heterocycles. The summed E-state index contributed by atoms with van der Waals surface area (Å²) < 4.78 is 0. The van der Waals surface area contributed by atoms with Crippen molar-refractivity contribution in [3.8, 4) is 0 Å². The molecule has 2 atom stereocenters. The van der Waals surface area contributed by atoms with Gasteiger partial charge in [-0.25, -0.2) is 0 Å². The molecule has 0 saturated carbocycles. The summed E-state index contributed by atoms with van der Waals surface area (Å²) in [5, 5.41) is 7.01. The Kier molecular flexibility index (Phi) is 27.0. The first-order valence-electron chi connectivity index (χ1n) is 12.1. The van der Waals surface area contributed by atoms with Gasteiger partial charge in [-0.15, -0.1) is 0 Å². The van der Waals surface area contributed by atoms with Gasteiger partial charge in [0.05, 0.1) is 0 Å². The van der Waals surface area contributed by atoms with Crippen LogP contribution in [-0.2, 0) is 0 Å². The van der Waals surface area contributed by atoms with E-state index >= 15 is 0 Å². The van der Waals surface area contributed by atoms with E-state index in [-0.39, 0.29) is 0 Å². The number of nitrogens with one attached hydrogen (secondary N) is 2. The minimum atomic E-state index is 0.902. The highest BCUT2D eigenvalue weighted by atomic mass is 14.9. The molecule has 160 valence electrons. The number of hydrogen-bond donors (Lipinski definition) is 2. The van der Waals surface area contributed by atoms with Gasteiger partial charge < -0.3 is 10.6 Å². The van der Waals surface area contributed by atoms with Crippen LogP contribution in [0, 0.1) is 11.8 Å². The molecule has 0 radical (unpaired) electrons. The maximum absolute atomic E-state index is 3.71. The zero-order valence-corrected chi connectivity index (χ0v) is 19.5. The largest absolute Gasteiger partial charge is 0.317 e. The fourth-order valence-corrected chi connectivity index (χ4v) is 3.23. The van der Waals surface area contributed by atoms with Gasteiger partial charge in [0.2, 0.25) is 0 Å². The lowest BCUT2D eigenvalue weighted by Gasteiger charge is -2.19. The lowest BCUT2D eigenvalue weighted by molar-refractivity contribution is 0.372. The van der Waals surface area contributed by atoms with Gasteiger partial charge in [-0.3, -0.25) is 0 Å². The van der Waals surface area contributed by atoms with Crippen LogP contribution in [-0.4, -0.2) is 26.2 Å². The topological polar surface area (TPSA) is 24.1 Å². The molecule has 0 aromatic carbocycles. The molecular weight excluding hydrogens is 316 g/mol. The zero-order chi connectivity index (χ0) is 19.9. The van der Waals surface area contributed by atoms with Gasteiger partial charge in [0.1, 0.15) is 0 Å². The minimum Gasteiger partial charge on any atom is -0.317 e. The Hall–Kier alpha value is -0.0800. The summed E-state index contributed by atoms with van der Waals surface area (Å²) in [6.45, 7) is 18.4. The lowest BCUT2D eigenvalue weighted by Crippen LogP contribution is -2.28. The summed E-state index contributed by atoms with van der Waals surface area (Å²) in [7, 11) is 0. The molecule has 0 fully saturated rings. The molecule has 2 unspecified atom stereocenters. The Labute approximate surface area is 167 Å². The Balaban J connectivity index is 0. The summed E-state index contributed by atoms with van der Waals surface area (Å²) in [6, 6.07) is 0. The first-order valence-corrected chi connectivity index (χ1v) is 12.1. The van der Waals surface area contributed by atoms with Gasteiger partial charge in [-0.2, -0.15) is 0 Å². The van der Waals surface area contributed by atoms with E-state index in [0.29, 0.717) is 0 Å². The average Bonchev–Trinajstić information content (AvgIpc) is 2.67. The van der Waals surface area contributed by atoms with Crippen LogP contribution >= 0.6 is 0 Å². The predicted octanol–water partition coefficient (Wildman–Crippen LogP) is 7.19. The molecule has 26 heavy (non-hydrogen) atoms. The zero-order valence-electron chi connectivity index (χ0n) is 19.5. The summed E-state index contributed by atoms with van der Waals surface area (Å²) in [6.07, 6.45) is 16.4. The van der Waals surface area contributed by atoms with Gasteiger partial charge >= 0.3 is 0 Å². The molecule has 2 heteroatoms. The highest BCUT2D eigenvalue weighted by Gasteiger charge is 2.08. The summed E-state index contributed by atoms with van der Waals surface area (Å²) in [5.74, 6) is 1.80. The van der Waals surface area contributed by atoms with Crippen LogP contribution < -0.4 is 10.6 Å². The van der Waals surface area contributed by atoms with Crippen molar-refractivity contribution in [3.63, 3.8) is 0 Å². The smallest absolute Gasteiger partial charge is 0.00205 e. The maximum Gasteiger partial charge on any atom is -0.00205 e. The summed E-state index contributed by atoms with van der Waals surface area (Å²) in [5.41, 5.74) is 0. The second kappa shape index (κ2) is 24.9. The Morgan fingerprint density at radius 3 is 1.42 bits per heavy atom. The van der Waals surface area contributed by atoms with Crippen molar-refractivity contribution < 1.29 is 0 Å². The van der Waals surface area contributed by atoms with Crippen LogP contribution in [0.4, 0.5) is 0 Å². The average molecular weight is 371 g/mol. The Morgan fingerprint density at radius 2 is 1.04 bits per heavy atom. The molecule has 0 heterocycles. The number of hydrogen-bond acceptors (Lipinski definition) is 2. The number of unbranched alkanes of at least 4 members (excludes halogenated alkanes) is 5. The molecular formula is C24H54N2. The van der Waals surface area contributed by atoms with Crippen LogP contribution in [0.25, 0.3) is 0 Å². The number of rotatable bonds is 18. The highest BCUT2D eigenvalue weighted by molar-refractivity contribution is 4.65. The Bertz CT molecular complexity index is 208. The second-order valence-electron chi connectivity index (χ2n) is 7.91. The van der Waals surface area contributed by atoms with E-state index in [1.54, 1.807) is 0 Å². The van der Waals surface area contributed by atoms with E-state index in [1.807, 2.05) is 0 Å². The third-order valence-corrected chi connectivity index (χ3v) is 5.41. The summed E-state index contributed by atoms with van der Waals surface area (Å²) >= 11 is 0. The van der Waals surface area contributed by atoms with E-state index in [9.17, 15) is 0 Å². The Morgan fingerprint density at radius 1 is 0.538 bits per heavy atom. The van der Waals surface area contributed by atoms with Gasteiger partial charge in [0, 0.05) is 0 Å². The van der Waals surface area contributed by atoms with Gasteiger partial charge in [0.15, 0.2) is 0 Å². The third-order valence-electron chi connectivity index (χ3n) is 5.41. The van der Waals surface area contributed by atoms with Gasteiger partial charge in [-0.05, 0) is 57.3 Å². The molecule has 0 aliphatic rings. The molecule has 0 bridgehead atoms. The molecule has 0 aliphatic carbocycles. The van der Waals surface area contributed by atoms with Crippen LogP contribution in [0.15, 0.2) is 0 Å². The predicted molar refractivity (Wildman–Crippen MR) is 122 cm³/mol. The van der Waals surface area contributed by atoms with E-state index < -0.39 is 0 Å². The van der Waals surface area contributed by atoms with Gasteiger partial charge in [0.25, 0.3) is 0 Å². The molecule has 2 N–H and O–H groups in total. The highest BCUT2D eigenvalue weighted by Crippen LogP contribution is 2.13. The molecule has 0 aromatic rings. The van der Waals surface area contributed by atoms with E-state index in [0.717, 1.165) is 18.4 Å². The van der Waals surface area contributed by atoms with Crippen molar-refractivity contribution in [1.82, 2.24) is 10.6 Å². The second-order valence-corrected chi connectivity index (χ2v) is 7.91. The molecule has 0 spiro atoms. The SMILES string of the molecule is CCCCC(CC)CNCC(CC)CCCC.CCCCCCNCC. The first-order chi connectivity index (χ1) is 12.7. The fourth-order valence-electron chi connectivity index (χ4n) is 3.23. The van der Waals surface area contributed by atoms with E-state index in [4.69, 9.17) is 0 Å². The standard InChI is InChI=1S/C16H35N.C8H19N/c1-5-9-11-15(7-3)13-17-14-16(8-4)12-10-6-2;1-3-5-6-7-8-9-4-2/h15-17H,5-14H2,1-4H3;9H,3-8H2,1-2H3. The van der Waals surface area contributed by atoms with E-state index in [1.165, 1.54) is 96.7 Å². The minimum absolute atomic E-state index is 0.902. The molecule has 0 rings (SSSR count). The van der Waals surface area contributed by atoms with Crippen molar-refractivity contribution in [3.05, 3.63) is 0 Å². The van der Waals surface area contributed by atoms with Crippen LogP contribution in [0.1, 0.15) is 119 Å². The molecule has 0 aromatic heterocycles. The van der Waals surface area contributed by atoms with Crippen molar-refractivity contribution in [1.29, 1.82) is 0 Å². The van der Waals surface area contributed by atoms with Crippen LogP contribution in [0.5, 0.6) is 0 Å². The first kappa shape index (κ1) is 28.1. The van der Waals surface area contributed by atoms with Crippen molar-refractivity contribution in [2.24, 2.45) is 11.8 Å². The van der Waals surface area contributed by atoms with Crippen molar-refractivity contribution >= 4 is 0 Å². The van der Waals surface area contributed by atoms with Gasteiger partial charge in [-0.1, -0.05) is 99.3 Å². The molecule has 0 aliphatic heterocycles. The molecule has 2 nitrogen and oxygen atoms in total. The normalized spacial score (nSPS) is 13.2. The fraction of sp³-hybridized carbons (Fsp3) is 1.00. The lowest BCUT2D eigenvalue weighted by atomic mass is 9.97. The third kappa shape index (κ3) is 22.0. The van der Waals surface area contributed by atoms with Crippen molar-refractivity contribution in [2.45, 2.75) is 119 Å². The van der Waals surface area contributed by atoms with E-state index in [2.05, 4.69) is 52.2 Å². The maximum atomic E-state index is 3.71. The monoisotopic (exact) mass is 370 g/mol. The van der Waals surface area contributed by atoms with Crippen LogP contribution in [0.3, 0.4) is 0 Å².